The molecular weight excluding hydrogens is 226 g/mol. The van der Waals surface area contributed by atoms with Gasteiger partial charge in [0.1, 0.15) is 11.9 Å². The van der Waals surface area contributed by atoms with Crippen molar-refractivity contribution in [3.8, 4) is 0 Å². The van der Waals surface area contributed by atoms with Crippen LogP contribution >= 0.6 is 0 Å². The molecule has 90 valence electrons. The van der Waals surface area contributed by atoms with Crippen LogP contribution in [0.2, 0.25) is 0 Å². The minimum Gasteiger partial charge on any atom is -0.381 e. The molecule has 7 N–H and O–H groups in total. The van der Waals surface area contributed by atoms with E-state index in [1.165, 1.54) is 6.20 Å². The highest BCUT2D eigenvalue weighted by Gasteiger charge is 2.13. The SMILES string of the molecule is NC(=O)C(O)CNc1nc(N)nc2[nH]ncc12. The highest BCUT2D eigenvalue weighted by atomic mass is 16.3. The Labute approximate surface area is 95.2 Å². The number of hydrogen-bond donors (Lipinski definition) is 5. The molecule has 2 aromatic heterocycles. The monoisotopic (exact) mass is 237 g/mol. The van der Waals surface area contributed by atoms with Crippen molar-refractivity contribution in [3.63, 3.8) is 0 Å². The van der Waals surface area contributed by atoms with Crippen LogP contribution in [0, 0.1) is 0 Å². The Morgan fingerprint density at radius 3 is 3.06 bits per heavy atom. The lowest BCUT2D eigenvalue weighted by Crippen LogP contribution is -2.34. The van der Waals surface area contributed by atoms with E-state index in [0.29, 0.717) is 16.9 Å². The number of carbonyl (C=O) groups excluding carboxylic acids is 1. The average molecular weight is 237 g/mol. The van der Waals surface area contributed by atoms with Crippen molar-refractivity contribution in [2.75, 3.05) is 17.6 Å². The molecule has 17 heavy (non-hydrogen) atoms. The van der Waals surface area contributed by atoms with Gasteiger partial charge in [0.15, 0.2) is 5.65 Å². The van der Waals surface area contributed by atoms with Gasteiger partial charge in [0.25, 0.3) is 0 Å². The summed E-state index contributed by atoms with van der Waals surface area (Å²) in [6.45, 7) is -0.0634. The second-order valence-electron chi connectivity index (χ2n) is 3.36. The molecule has 9 heteroatoms. The summed E-state index contributed by atoms with van der Waals surface area (Å²) in [6.07, 6.45) is 0.210. The Bertz CT molecular complexity index is 552. The van der Waals surface area contributed by atoms with Gasteiger partial charge in [-0.25, -0.2) is 0 Å². The van der Waals surface area contributed by atoms with Crippen LogP contribution in [-0.2, 0) is 4.79 Å². The van der Waals surface area contributed by atoms with Crippen molar-refractivity contribution >= 4 is 28.7 Å². The first-order valence-electron chi connectivity index (χ1n) is 4.76. The van der Waals surface area contributed by atoms with Gasteiger partial charge in [-0.05, 0) is 0 Å². The molecule has 0 spiro atoms. The first-order chi connectivity index (χ1) is 8.08. The lowest BCUT2D eigenvalue weighted by atomic mass is 10.3. The summed E-state index contributed by atoms with van der Waals surface area (Å²) in [5.41, 5.74) is 10.9. The second kappa shape index (κ2) is 4.22. The van der Waals surface area contributed by atoms with Crippen molar-refractivity contribution in [2.45, 2.75) is 6.10 Å². The second-order valence-corrected chi connectivity index (χ2v) is 3.36. The van der Waals surface area contributed by atoms with Gasteiger partial charge in [0.2, 0.25) is 11.9 Å². The number of rotatable bonds is 4. The predicted octanol–water partition coefficient (Wildman–Crippen LogP) is -1.81. The summed E-state index contributed by atoms with van der Waals surface area (Å²) >= 11 is 0. The fourth-order valence-electron chi connectivity index (χ4n) is 1.28. The Morgan fingerprint density at radius 2 is 2.35 bits per heavy atom. The molecule has 0 radical (unpaired) electrons. The molecule has 2 heterocycles. The molecule has 0 fully saturated rings. The summed E-state index contributed by atoms with van der Waals surface area (Å²) in [5, 5.41) is 19.0. The van der Waals surface area contributed by atoms with Crippen molar-refractivity contribution in [2.24, 2.45) is 5.73 Å². The minimum atomic E-state index is -1.30. The fourth-order valence-corrected chi connectivity index (χ4v) is 1.28. The fraction of sp³-hybridized carbons (Fsp3) is 0.250. The van der Waals surface area contributed by atoms with Crippen LogP contribution in [-0.4, -0.2) is 43.8 Å². The van der Waals surface area contributed by atoms with Gasteiger partial charge in [0, 0.05) is 0 Å². The van der Waals surface area contributed by atoms with Gasteiger partial charge in [-0.1, -0.05) is 0 Å². The molecule has 0 aliphatic carbocycles. The zero-order valence-corrected chi connectivity index (χ0v) is 8.71. The third-order valence-electron chi connectivity index (χ3n) is 2.12. The van der Waals surface area contributed by atoms with Gasteiger partial charge in [-0.3, -0.25) is 9.89 Å². The molecule has 0 bridgehead atoms. The minimum absolute atomic E-state index is 0.0535. The molecule has 0 saturated carbocycles. The molecule has 2 aromatic rings. The average Bonchev–Trinajstić information content (AvgIpc) is 2.72. The number of amides is 1. The number of nitrogens with two attached hydrogens (primary N) is 2. The molecule has 0 saturated heterocycles. The Balaban J connectivity index is 2.23. The number of fused-ring (bicyclic) bond motifs is 1. The normalized spacial score (nSPS) is 12.5. The van der Waals surface area contributed by atoms with Crippen molar-refractivity contribution in [1.82, 2.24) is 20.2 Å². The summed E-state index contributed by atoms with van der Waals surface area (Å²) < 4.78 is 0. The van der Waals surface area contributed by atoms with E-state index in [1.54, 1.807) is 0 Å². The van der Waals surface area contributed by atoms with Gasteiger partial charge >= 0.3 is 0 Å². The van der Waals surface area contributed by atoms with Crippen molar-refractivity contribution in [3.05, 3.63) is 6.20 Å². The van der Waals surface area contributed by atoms with Gasteiger partial charge in [-0.2, -0.15) is 15.1 Å². The predicted molar refractivity (Wildman–Crippen MR) is 59.8 cm³/mol. The van der Waals surface area contributed by atoms with Crippen LogP contribution < -0.4 is 16.8 Å². The number of nitrogens with zero attached hydrogens (tertiary/aromatic N) is 3. The van der Waals surface area contributed by atoms with Gasteiger partial charge in [0.05, 0.1) is 18.1 Å². The summed E-state index contributed by atoms with van der Waals surface area (Å²) in [6, 6.07) is 0. The van der Waals surface area contributed by atoms with Crippen molar-refractivity contribution in [1.29, 1.82) is 0 Å². The number of anilines is 2. The van der Waals surface area contributed by atoms with Crippen LogP contribution in [0.3, 0.4) is 0 Å². The number of nitrogens with one attached hydrogen (secondary N) is 2. The molecular formula is C8H11N7O2. The molecule has 2 rings (SSSR count). The molecule has 0 aliphatic rings. The lowest BCUT2D eigenvalue weighted by molar-refractivity contribution is -0.125. The summed E-state index contributed by atoms with van der Waals surface area (Å²) in [5.74, 6) is -0.387. The highest BCUT2D eigenvalue weighted by molar-refractivity contribution is 5.87. The van der Waals surface area contributed by atoms with E-state index < -0.39 is 12.0 Å². The summed E-state index contributed by atoms with van der Waals surface area (Å²) in [4.78, 5) is 18.5. The molecule has 1 atom stereocenters. The van der Waals surface area contributed by atoms with Crippen LogP contribution in [0.1, 0.15) is 0 Å². The van der Waals surface area contributed by atoms with Crippen LogP contribution in [0.5, 0.6) is 0 Å². The third kappa shape index (κ3) is 2.23. The number of primary amides is 1. The number of aromatic nitrogens is 4. The van der Waals surface area contributed by atoms with E-state index in [-0.39, 0.29) is 12.5 Å². The Kier molecular flexibility index (Phi) is 2.75. The molecule has 0 aromatic carbocycles. The topological polar surface area (TPSA) is 156 Å². The Hall–Kier alpha value is -2.42. The summed E-state index contributed by atoms with van der Waals surface area (Å²) in [7, 11) is 0. The van der Waals surface area contributed by atoms with E-state index in [2.05, 4.69) is 25.5 Å². The maximum atomic E-state index is 10.7. The van der Waals surface area contributed by atoms with Gasteiger partial charge < -0.3 is 21.9 Å². The quantitative estimate of drug-likeness (QED) is 0.419. The molecule has 0 aliphatic heterocycles. The maximum absolute atomic E-state index is 10.7. The number of aromatic amines is 1. The number of aliphatic hydroxyl groups excluding tert-OH is 1. The van der Waals surface area contributed by atoms with E-state index in [1.807, 2.05) is 0 Å². The van der Waals surface area contributed by atoms with E-state index in [9.17, 15) is 9.90 Å². The highest BCUT2D eigenvalue weighted by Crippen LogP contribution is 2.18. The van der Waals surface area contributed by atoms with E-state index in [0.717, 1.165) is 0 Å². The number of H-pyrrole nitrogens is 1. The van der Waals surface area contributed by atoms with Crippen LogP contribution in [0.15, 0.2) is 6.20 Å². The zero-order chi connectivity index (χ0) is 12.4. The van der Waals surface area contributed by atoms with E-state index in [4.69, 9.17) is 11.5 Å². The molecule has 1 amide bonds. The Morgan fingerprint density at radius 1 is 1.59 bits per heavy atom. The van der Waals surface area contributed by atoms with Gasteiger partial charge in [-0.15, -0.1) is 0 Å². The number of carbonyl (C=O) groups is 1. The first kappa shape index (κ1) is 11.1. The number of aliphatic hydroxyl groups is 1. The van der Waals surface area contributed by atoms with Crippen LogP contribution in [0.4, 0.5) is 11.8 Å². The number of hydrogen-bond acceptors (Lipinski definition) is 7. The van der Waals surface area contributed by atoms with E-state index >= 15 is 0 Å². The zero-order valence-electron chi connectivity index (χ0n) is 8.71. The van der Waals surface area contributed by atoms with Crippen molar-refractivity contribution < 1.29 is 9.90 Å². The molecule has 1 unspecified atom stereocenters. The third-order valence-corrected chi connectivity index (χ3v) is 2.12. The molecule has 9 nitrogen and oxygen atoms in total. The lowest BCUT2D eigenvalue weighted by Gasteiger charge is -2.09. The smallest absolute Gasteiger partial charge is 0.248 e. The largest absolute Gasteiger partial charge is 0.381 e. The standard InChI is InChI=1S/C8H11N7O2/c9-5(17)4(16)2-11-6-3-1-12-15-7(3)14-8(10)13-6/h1,4,16H,2H2,(H2,9,17)(H4,10,11,12,13,14,15). The number of nitrogen functional groups attached to an aromatic ring is 1. The van der Waals surface area contributed by atoms with Crippen LogP contribution in [0.25, 0.3) is 11.0 Å². The first-order valence-corrected chi connectivity index (χ1v) is 4.76. The maximum Gasteiger partial charge on any atom is 0.248 e.